The van der Waals surface area contributed by atoms with Crippen molar-refractivity contribution < 1.29 is 26.4 Å². The zero-order valence-electron chi connectivity index (χ0n) is 16.6. The fraction of sp³-hybridized carbons (Fsp3) is 0.136. The molecule has 32 heavy (non-hydrogen) atoms. The molecule has 6 nitrogen and oxygen atoms in total. The molecule has 1 aliphatic heterocycles. The topological polar surface area (TPSA) is 88.5 Å². The van der Waals surface area contributed by atoms with Crippen LogP contribution in [0.3, 0.4) is 0 Å². The number of hydrogen-bond acceptors (Lipinski definition) is 6. The number of carbonyl (C=O) groups excluding carboxylic acids is 1. The van der Waals surface area contributed by atoms with Gasteiger partial charge in [0.25, 0.3) is 5.95 Å². The smallest absolute Gasteiger partial charge is 0.252 e. The van der Waals surface area contributed by atoms with Gasteiger partial charge in [0.15, 0.2) is 32.6 Å². The average molecular weight is 459 g/mol. The zero-order chi connectivity index (χ0) is 23.0. The van der Waals surface area contributed by atoms with E-state index in [0.717, 1.165) is 0 Å². The molecule has 0 saturated carbocycles. The van der Waals surface area contributed by atoms with Crippen LogP contribution in [0, 0.1) is 17.6 Å². The van der Waals surface area contributed by atoms with Crippen LogP contribution in [0.2, 0.25) is 0 Å². The van der Waals surface area contributed by atoms with Crippen LogP contribution in [0.5, 0.6) is 0 Å². The Morgan fingerprint density at radius 1 is 0.969 bits per heavy atom. The minimum absolute atomic E-state index is 0.108. The first kappa shape index (κ1) is 21.7. The van der Waals surface area contributed by atoms with E-state index in [2.05, 4.69) is 15.3 Å². The SMILES string of the molecule is CS(=O)(=O)c1nc(F)c(F)c(NC2N=C(c3ccccc3)c3ccccc3CC2=O)c1F. The maximum absolute atomic E-state index is 14.8. The van der Waals surface area contributed by atoms with Gasteiger partial charge in [0.05, 0.1) is 5.71 Å². The van der Waals surface area contributed by atoms with Gasteiger partial charge in [0.2, 0.25) is 5.82 Å². The minimum atomic E-state index is -4.31. The number of aliphatic imine (C=N–C) groups is 1. The summed E-state index contributed by atoms with van der Waals surface area (Å²) in [5.74, 6) is -5.73. The number of halogens is 3. The summed E-state index contributed by atoms with van der Waals surface area (Å²) in [6, 6.07) is 15.9. The predicted molar refractivity (Wildman–Crippen MR) is 112 cm³/mol. The Morgan fingerprint density at radius 2 is 1.62 bits per heavy atom. The number of aromatic nitrogens is 1. The van der Waals surface area contributed by atoms with Crippen molar-refractivity contribution in [3.8, 4) is 0 Å². The summed E-state index contributed by atoms with van der Waals surface area (Å²) in [5, 5.41) is 0.996. The molecule has 0 saturated heterocycles. The van der Waals surface area contributed by atoms with Crippen molar-refractivity contribution in [1.29, 1.82) is 0 Å². The van der Waals surface area contributed by atoms with Crippen LogP contribution < -0.4 is 5.32 Å². The van der Waals surface area contributed by atoms with Crippen molar-refractivity contribution >= 4 is 27.0 Å². The number of fused-ring (bicyclic) bond motifs is 1. The number of hydrogen-bond donors (Lipinski definition) is 1. The summed E-state index contributed by atoms with van der Waals surface area (Å²) in [4.78, 5) is 20.2. The second-order valence-corrected chi connectivity index (χ2v) is 9.10. The summed E-state index contributed by atoms with van der Waals surface area (Å²) in [6.07, 6.45) is -1.00. The van der Waals surface area contributed by atoms with Gasteiger partial charge in [0, 0.05) is 23.8 Å². The average Bonchev–Trinajstić information content (AvgIpc) is 2.89. The predicted octanol–water partition coefficient (Wildman–Crippen LogP) is 3.30. The Kier molecular flexibility index (Phi) is 5.55. The van der Waals surface area contributed by atoms with Crippen LogP contribution in [-0.2, 0) is 21.1 Å². The van der Waals surface area contributed by atoms with E-state index in [4.69, 9.17) is 0 Å². The monoisotopic (exact) mass is 459 g/mol. The van der Waals surface area contributed by atoms with Gasteiger partial charge in [-0.05, 0) is 5.56 Å². The molecule has 1 unspecified atom stereocenters. The maximum atomic E-state index is 14.8. The number of nitrogens with one attached hydrogen (secondary N) is 1. The number of anilines is 1. The van der Waals surface area contributed by atoms with Crippen molar-refractivity contribution in [1.82, 2.24) is 4.98 Å². The first-order valence-electron chi connectivity index (χ1n) is 9.42. The molecule has 164 valence electrons. The molecule has 0 aliphatic carbocycles. The van der Waals surface area contributed by atoms with Gasteiger partial charge in [-0.1, -0.05) is 54.6 Å². The first-order chi connectivity index (χ1) is 15.2. The second kappa shape index (κ2) is 8.19. The molecule has 3 aromatic rings. The van der Waals surface area contributed by atoms with Gasteiger partial charge in [0.1, 0.15) is 5.69 Å². The molecule has 1 aromatic heterocycles. The van der Waals surface area contributed by atoms with Crippen LogP contribution in [0.1, 0.15) is 16.7 Å². The number of benzene rings is 2. The number of pyridine rings is 1. The molecule has 0 bridgehead atoms. The molecule has 0 radical (unpaired) electrons. The quantitative estimate of drug-likeness (QED) is 0.605. The standard InChI is InChI=1S/C22H16F3N3O3S/c1-32(30,31)22-17(24)19(16(23)20(25)28-22)27-21-15(29)11-13-9-5-6-10-14(13)18(26-21)12-7-3-2-4-8-12/h2-10,21H,11H2,1H3,(H,27,28). The zero-order valence-corrected chi connectivity index (χ0v) is 17.5. The van der Waals surface area contributed by atoms with Crippen LogP contribution in [0.4, 0.5) is 18.9 Å². The highest BCUT2D eigenvalue weighted by molar-refractivity contribution is 7.90. The van der Waals surface area contributed by atoms with Crippen molar-refractivity contribution in [2.24, 2.45) is 4.99 Å². The molecule has 4 rings (SSSR count). The van der Waals surface area contributed by atoms with Crippen LogP contribution in [-0.4, -0.2) is 37.3 Å². The Labute approximate surface area is 181 Å². The lowest BCUT2D eigenvalue weighted by atomic mass is 9.96. The van der Waals surface area contributed by atoms with E-state index in [-0.39, 0.29) is 6.42 Å². The lowest BCUT2D eigenvalue weighted by molar-refractivity contribution is -0.118. The van der Waals surface area contributed by atoms with Gasteiger partial charge in [-0.2, -0.15) is 8.78 Å². The molecule has 1 N–H and O–H groups in total. The lowest BCUT2D eigenvalue weighted by Gasteiger charge is -2.17. The molecule has 0 spiro atoms. The van der Waals surface area contributed by atoms with Crippen molar-refractivity contribution in [2.45, 2.75) is 17.6 Å². The third-order valence-electron chi connectivity index (χ3n) is 4.89. The summed E-state index contributed by atoms with van der Waals surface area (Å²) in [7, 11) is -4.31. The number of ketones is 1. The highest BCUT2D eigenvalue weighted by Gasteiger charge is 2.31. The van der Waals surface area contributed by atoms with Gasteiger partial charge in [-0.3, -0.25) is 9.79 Å². The van der Waals surface area contributed by atoms with Gasteiger partial charge in [-0.25, -0.2) is 17.8 Å². The van der Waals surface area contributed by atoms with Crippen molar-refractivity contribution in [3.05, 3.63) is 88.9 Å². The third kappa shape index (κ3) is 4.01. The maximum Gasteiger partial charge on any atom is 0.252 e. The summed E-state index contributed by atoms with van der Waals surface area (Å²) in [5.41, 5.74) is 1.24. The van der Waals surface area contributed by atoms with Crippen molar-refractivity contribution in [3.63, 3.8) is 0 Å². The van der Waals surface area contributed by atoms with Gasteiger partial charge >= 0.3 is 0 Å². The van der Waals surface area contributed by atoms with E-state index in [1.165, 1.54) is 0 Å². The van der Waals surface area contributed by atoms with E-state index in [1.54, 1.807) is 54.6 Å². The molecule has 1 atom stereocenters. The summed E-state index contributed by atoms with van der Waals surface area (Å²) < 4.78 is 66.7. The normalized spacial score (nSPS) is 16.2. The van der Waals surface area contributed by atoms with Crippen LogP contribution in [0.25, 0.3) is 0 Å². The number of sulfone groups is 1. The van der Waals surface area contributed by atoms with Crippen LogP contribution in [0.15, 0.2) is 64.6 Å². The third-order valence-corrected chi connectivity index (χ3v) is 5.86. The molecule has 10 heteroatoms. The molecular formula is C22H16F3N3O3S. The van der Waals surface area contributed by atoms with Gasteiger partial charge < -0.3 is 5.32 Å². The lowest BCUT2D eigenvalue weighted by Crippen LogP contribution is -2.30. The Balaban J connectivity index is 1.87. The molecule has 0 amide bonds. The Bertz CT molecular complexity index is 1360. The first-order valence-corrected chi connectivity index (χ1v) is 11.3. The fourth-order valence-electron chi connectivity index (χ4n) is 3.40. The summed E-state index contributed by atoms with van der Waals surface area (Å²) in [6.45, 7) is 0. The van der Waals surface area contributed by atoms with Crippen molar-refractivity contribution in [2.75, 3.05) is 11.6 Å². The largest absolute Gasteiger partial charge is 0.353 e. The highest BCUT2D eigenvalue weighted by atomic mass is 32.2. The number of nitrogens with zero attached hydrogens (tertiary/aromatic N) is 2. The second-order valence-electron chi connectivity index (χ2n) is 7.17. The van der Waals surface area contributed by atoms with E-state index in [0.29, 0.717) is 28.7 Å². The number of carbonyl (C=O) groups is 1. The number of rotatable bonds is 4. The van der Waals surface area contributed by atoms with E-state index in [1.807, 2.05) is 0 Å². The molecule has 0 fully saturated rings. The van der Waals surface area contributed by atoms with E-state index >= 15 is 0 Å². The summed E-state index contributed by atoms with van der Waals surface area (Å²) >= 11 is 0. The van der Waals surface area contributed by atoms with Crippen LogP contribution >= 0.6 is 0 Å². The molecule has 1 aliphatic rings. The highest BCUT2D eigenvalue weighted by Crippen LogP contribution is 2.28. The molecule has 2 heterocycles. The molecule has 2 aromatic carbocycles. The number of Topliss-reactive ketones (excluding diaryl/α,β-unsaturated/α-hetero) is 1. The minimum Gasteiger partial charge on any atom is -0.353 e. The van der Waals surface area contributed by atoms with E-state index in [9.17, 15) is 26.4 Å². The Morgan fingerprint density at radius 3 is 2.31 bits per heavy atom. The fourth-order valence-corrected chi connectivity index (χ4v) is 4.08. The Hall–Kier alpha value is -3.53. The van der Waals surface area contributed by atoms with Gasteiger partial charge in [-0.15, -0.1) is 0 Å². The molecular weight excluding hydrogens is 443 g/mol. The van der Waals surface area contributed by atoms with E-state index < -0.39 is 50.1 Å².